The first-order valence-corrected chi connectivity index (χ1v) is 6.92. The fraction of sp³-hybridized carbons (Fsp3) is 0.500. The molecular formula is C16H20N2O4. The van der Waals surface area contributed by atoms with Crippen LogP contribution in [0.3, 0.4) is 0 Å². The molecular weight excluding hydrogens is 284 g/mol. The molecule has 0 aliphatic carbocycles. The highest BCUT2D eigenvalue weighted by Gasteiger charge is 2.40. The number of carbonyl (C=O) groups excluding carboxylic acids is 2. The van der Waals surface area contributed by atoms with Crippen molar-refractivity contribution in [2.45, 2.75) is 45.6 Å². The maximum atomic E-state index is 12.3. The molecule has 1 rings (SSSR count). The number of nitriles is 1. The summed E-state index contributed by atoms with van der Waals surface area (Å²) in [7, 11) is 0. The average Bonchev–Trinajstić information content (AvgIpc) is 2.45. The summed E-state index contributed by atoms with van der Waals surface area (Å²) >= 11 is 0. The Hall–Kier alpha value is -2.42. The summed E-state index contributed by atoms with van der Waals surface area (Å²) in [6, 6.07) is 4.87. The molecule has 0 N–H and O–H groups in total. The van der Waals surface area contributed by atoms with Crippen molar-refractivity contribution in [1.82, 2.24) is 4.98 Å². The Morgan fingerprint density at radius 3 is 2.32 bits per heavy atom. The van der Waals surface area contributed by atoms with Gasteiger partial charge in [-0.15, -0.1) is 0 Å². The predicted molar refractivity (Wildman–Crippen MR) is 79.0 cm³/mol. The van der Waals surface area contributed by atoms with Crippen molar-refractivity contribution in [2.24, 2.45) is 0 Å². The van der Waals surface area contributed by atoms with E-state index in [4.69, 9.17) is 9.47 Å². The zero-order chi connectivity index (χ0) is 17.0. The van der Waals surface area contributed by atoms with E-state index in [1.54, 1.807) is 27.7 Å². The van der Waals surface area contributed by atoms with Crippen LogP contribution in [0.25, 0.3) is 0 Å². The number of hydrogen-bond donors (Lipinski definition) is 0. The number of ether oxygens (including phenoxy) is 2. The van der Waals surface area contributed by atoms with Crippen LogP contribution in [0.5, 0.6) is 0 Å². The molecule has 0 fully saturated rings. The summed E-state index contributed by atoms with van der Waals surface area (Å²) in [4.78, 5) is 27.9. The van der Waals surface area contributed by atoms with Crippen LogP contribution in [0.1, 0.15) is 50.7 Å². The lowest BCUT2D eigenvalue weighted by molar-refractivity contribution is -0.159. The van der Waals surface area contributed by atoms with E-state index in [9.17, 15) is 14.9 Å². The number of rotatable bonds is 4. The first-order valence-electron chi connectivity index (χ1n) is 6.92. The Labute approximate surface area is 130 Å². The van der Waals surface area contributed by atoms with E-state index >= 15 is 0 Å². The summed E-state index contributed by atoms with van der Waals surface area (Å²) in [5.41, 5.74) is -1.77. The standard InChI is InChI=1S/C16H20N2O4/c1-6-21-13(19)11-7-8-12(18-9-11)16(5,10-17)14(20)22-15(2,3)4/h7-9H,6H2,1-5H3. The molecule has 1 unspecified atom stereocenters. The summed E-state index contributed by atoms with van der Waals surface area (Å²) in [5, 5.41) is 9.39. The van der Waals surface area contributed by atoms with Crippen molar-refractivity contribution >= 4 is 11.9 Å². The van der Waals surface area contributed by atoms with E-state index in [2.05, 4.69) is 4.98 Å². The topological polar surface area (TPSA) is 89.3 Å². The second-order valence-electron chi connectivity index (χ2n) is 5.89. The zero-order valence-electron chi connectivity index (χ0n) is 13.5. The first-order chi connectivity index (χ1) is 10.1. The van der Waals surface area contributed by atoms with Gasteiger partial charge >= 0.3 is 11.9 Å². The largest absolute Gasteiger partial charge is 0.462 e. The minimum Gasteiger partial charge on any atom is -0.462 e. The molecule has 22 heavy (non-hydrogen) atoms. The molecule has 0 bridgehead atoms. The highest BCUT2D eigenvalue weighted by Crippen LogP contribution is 2.25. The van der Waals surface area contributed by atoms with Crippen LogP contribution >= 0.6 is 0 Å². The van der Waals surface area contributed by atoms with E-state index < -0.39 is 23.0 Å². The van der Waals surface area contributed by atoms with Gasteiger partial charge in [-0.2, -0.15) is 5.26 Å². The van der Waals surface area contributed by atoms with Crippen molar-refractivity contribution < 1.29 is 19.1 Å². The van der Waals surface area contributed by atoms with Crippen LogP contribution in [0, 0.1) is 11.3 Å². The number of pyridine rings is 1. The quantitative estimate of drug-likeness (QED) is 0.793. The van der Waals surface area contributed by atoms with E-state index in [1.165, 1.54) is 25.3 Å². The maximum absolute atomic E-state index is 12.3. The van der Waals surface area contributed by atoms with Crippen LogP contribution in [-0.2, 0) is 19.7 Å². The van der Waals surface area contributed by atoms with Crippen molar-refractivity contribution in [3.05, 3.63) is 29.6 Å². The highest BCUT2D eigenvalue weighted by molar-refractivity contribution is 5.89. The van der Waals surface area contributed by atoms with Gasteiger partial charge < -0.3 is 9.47 Å². The Morgan fingerprint density at radius 1 is 1.27 bits per heavy atom. The van der Waals surface area contributed by atoms with Crippen LogP contribution in [0.15, 0.2) is 18.3 Å². The van der Waals surface area contributed by atoms with Gasteiger partial charge in [0.15, 0.2) is 5.41 Å². The Balaban J connectivity index is 3.08. The minimum atomic E-state index is -1.54. The van der Waals surface area contributed by atoms with E-state index in [-0.39, 0.29) is 17.9 Å². The molecule has 1 heterocycles. The van der Waals surface area contributed by atoms with Gasteiger partial charge in [0.25, 0.3) is 0 Å². The molecule has 0 aliphatic heterocycles. The minimum absolute atomic E-state index is 0.220. The predicted octanol–water partition coefficient (Wildman–Crippen LogP) is 2.38. The number of hydrogen-bond acceptors (Lipinski definition) is 6. The lowest BCUT2D eigenvalue weighted by Gasteiger charge is -2.26. The van der Waals surface area contributed by atoms with Gasteiger partial charge in [0.2, 0.25) is 0 Å². The molecule has 1 aromatic rings. The molecule has 0 amide bonds. The molecule has 0 aromatic carbocycles. The van der Waals surface area contributed by atoms with Gasteiger partial charge in [-0.1, -0.05) is 0 Å². The third-order valence-corrected chi connectivity index (χ3v) is 2.82. The number of carbonyl (C=O) groups is 2. The van der Waals surface area contributed by atoms with Crippen LogP contribution in [0.4, 0.5) is 0 Å². The molecule has 118 valence electrons. The normalized spacial score (nSPS) is 13.6. The third-order valence-electron chi connectivity index (χ3n) is 2.82. The zero-order valence-corrected chi connectivity index (χ0v) is 13.5. The van der Waals surface area contributed by atoms with Crippen LogP contribution in [-0.4, -0.2) is 29.1 Å². The monoisotopic (exact) mass is 304 g/mol. The number of aromatic nitrogens is 1. The lowest BCUT2D eigenvalue weighted by atomic mass is 9.87. The van der Waals surface area contributed by atoms with Gasteiger partial charge in [0.1, 0.15) is 5.60 Å². The SMILES string of the molecule is CCOC(=O)c1ccc(C(C)(C#N)C(=O)OC(C)(C)C)nc1. The molecule has 0 aliphatic rings. The van der Waals surface area contributed by atoms with Crippen molar-refractivity contribution in [2.75, 3.05) is 6.61 Å². The molecule has 1 atom stereocenters. The van der Waals surface area contributed by atoms with Crippen LogP contribution < -0.4 is 0 Å². The van der Waals surface area contributed by atoms with Crippen molar-refractivity contribution in [1.29, 1.82) is 5.26 Å². The van der Waals surface area contributed by atoms with Gasteiger partial charge in [0.05, 0.1) is 23.9 Å². The Bertz CT molecular complexity index is 596. The second-order valence-corrected chi connectivity index (χ2v) is 5.89. The summed E-state index contributed by atoms with van der Waals surface area (Å²) in [6.07, 6.45) is 1.29. The first kappa shape index (κ1) is 17.6. The third kappa shape index (κ3) is 4.04. The fourth-order valence-corrected chi connectivity index (χ4v) is 1.61. The number of nitrogens with zero attached hydrogens (tertiary/aromatic N) is 2. The molecule has 0 saturated carbocycles. The van der Waals surface area contributed by atoms with Gasteiger partial charge in [0, 0.05) is 6.20 Å². The molecule has 6 nitrogen and oxygen atoms in total. The van der Waals surface area contributed by atoms with E-state index in [0.717, 1.165) is 0 Å². The van der Waals surface area contributed by atoms with E-state index in [0.29, 0.717) is 0 Å². The Kier molecular flexibility index (Phi) is 5.26. The van der Waals surface area contributed by atoms with Crippen molar-refractivity contribution in [3.8, 4) is 6.07 Å². The molecule has 0 radical (unpaired) electrons. The van der Waals surface area contributed by atoms with Crippen molar-refractivity contribution in [3.63, 3.8) is 0 Å². The maximum Gasteiger partial charge on any atom is 0.339 e. The highest BCUT2D eigenvalue weighted by atomic mass is 16.6. The average molecular weight is 304 g/mol. The smallest absolute Gasteiger partial charge is 0.339 e. The summed E-state index contributed by atoms with van der Waals surface area (Å²) in [6.45, 7) is 8.57. The number of esters is 2. The fourth-order valence-electron chi connectivity index (χ4n) is 1.61. The van der Waals surface area contributed by atoms with Gasteiger partial charge in [-0.05, 0) is 46.8 Å². The van der Waals surface area contributed by atoms with Gasteiger partial charge in [-0.25, -0.2) is 9.59 Å². The van der Waals surface area contributed by atoms with Gasteiger partial charge in [-0.3, -0.25) is 4.98 Å². The lowest BCUT2D eigenvalue weighted by Crippen LogP contribution is -2.38. The summed E-state index contributed by atoms with van der Waals surface area (Å²) < 4.78 is 10.1. The molecule has 0 saturated heterocycles. The Morgan fingerprint density at radius 2 is 1.91 bits per heavy atom. The molecule has 0 spiro atoms. The second kappa shape index (κ2) is 6.56. The summed E-state index contributed by atoms with van der Waals surface area (Å²) in [5.74, 6) is -1.18. The molecule has 6 heteroatoms. The van der Waals surface area contributed by atoms with E-state index in [1.807, 2.05) is 6.07 Å². The molecule has 1 aromatic heterocycles. The van der Waals surface area contributed by atoms with Crippen LogP contribution in [0.2, 0.25) is 0 Å².